The van der Waals surface area contributed by atoms with Crippen molar-refractivity contribution in [1.29, 1.82) is 0 Å². The molecule has 0 radical (unpaired) electrons. The number of thioether (sulfide) groups is 2. The molecule has 0 spiro atoms. The van der Waals surface area contributed by atoms with Crippen molar-refractivity contribution < 1.29 is 14.7 Å². The van der Waals surface area contributed by atoms with Gasteiger partial charge in [-0.05, 0) is 18.6 Å². The Morgan fingerprint density at radius 2 is 2.10 bits per heavy atom. The second-order valence-electron chi connectivity index (χ2n) is 5.64. The van der Waals surface area contributed by atoms with Crippen molar-refractivity contribution in [3.8, 4) is 0 Å². The zero-order valence-electron chi connectivity index (χ0n) is 13.4. The molecule has 1 fully saturated rings. The standard InChI is InChI=1S/C14H26N2O3S2/c1-6-10(7-20-5)15(4)14(19)16-11(13(17)18)8-21-12(16)9(2)3/h9-12H,6-8H2,1-5H3,(H,17,18). The summed E-state index contributed by atoms with van der Waals surface area (Å²) < 4.78 is 0. The number of hydrogen-bond acceptors (Lipinski definition) is 4. The Morgan fingerprint density at radius 1 is 1.48 bits per heavy atom. The van der Waals surface area contributed by atoms with E-state index in [0.29, 0.717) is 5.75 Å². The fourth-order valence-corrected chi connectivity index (χ4v) is 4.82. The molecular weight excluding hydrogens is 308 g/mol. The van der Waals surface area contributed by atoms with Crippen molar-refractivity contribution in [2.24, 2.45) is 5.92 Å². The van der Waals surface area contributed by atoms with Crippen LogP contribution in [0.25, 0.3) is 0 Å². The third kappa shape index (κ3) is 4.22. The van der Waals surface area contributed by atoms with Gasteiger partial charge >= 0.3 is 12.0 Å². The fraction of sp³-hybridized carbons (Fsp3) is 0.857. The molecule has 0 bridgehead atoms. The number of carbonyl (C=O) groups is 2. The lowest BCUT2D eigenvalue weighted by Gasteiger charge is -2.36. The molecule has 0 aliphatic carbocycles. The van der Waals surface area contributed by atoms with Gasteiger partial charge in [0.15, 0.2) is 0 Å². The van der Waals surface area contributed by atoms with Gasteiger partial charge < -0.3 is 10.0 Å². The summed E-state index contributed by atoms with van der Waals surface area (Å²) in [6, 6.07) is -0.739. The molecule has 7 heteroatoms. The topological polar surface area (TPSA) is 60.9 Å². The highest BCUT2D eigenvalue weighted by molar-refractivity contribution is 8.00. The molecule has 3 atom stereocenters. The highest BCUT2D eigenvalue weighted by Crippen LogP contribution is 2.35. The maximum Gasteiger partial charge on any atom is 0.327 e. The van der Waals surface area contributed by atoms with Gasteiger partial charge in [-0.25, -0.2) is 9.59 Å². The van der Waals surface area contributed by atoms with Crippen LogP contribution in [0.15, 0.2) is 0 Å². The van der Waals surface area contributed by atoms with Crippen LogP contribution in [0, 0.1) is 5.92 Å². The van der Waals surface area contributed by atoms with Crippen LogP contribution >= 0.6 is 23.5 Å². The molecule has 0 aromatic rings. The van der Waals surface area contributed by atoms with E-state index in [2.05, 4.69) is 6.92 Å². The minimum Gasteiger partial charge on any atom is -0.480 e. The van der Waals surface area contributed by atoms with Crippen molar-refractivity contribution in [3.63, 3.8) is 0 Å². The van der Waals surface area contributed by atoms with Gasteiger partial charge in [0, 0.05) is 24.6 Å². The number of carboxylic acid groups (broad SMARTS) is 1. The third-order valence-electron chi connectivity index (χ3n) is 3.79. The zero-order chi connectivity index (χ0) is 16.2. The molecule has 21 heavy (non-hydrogen) atoms. The van der Waals surface area contributed by atoms with Crippen LogP contribution in [-0.4, -0.2) is 69.2 Å². The van der Waals surface area contributed by atoms with Crippen LogP contribution in [0.3, 0.4) is 0 Å². The van der Waals surface area contributed by atoms with E-state index in [1.165, 1.54) is 0 Å². The van der Waals surface area contributed by atoms with E-state index in [9.17, 15) is 14.7 Å². The quantitative estimate of drug-likeness (QED) is 0.809. The molecule has 5 nitrogen and oxygen atoms in total. The Balaban J connectivity index is 2.95. The van der Waals surface area contributed by atoms with Crippen molar-refractivity contribution in [1.82, 2.24) is 9.80 Å². The maximum absolute atomic E-state index is 12.8. The lowest BCUT2D eigenvalue weighted by atomic mass is 10.1. The van der Waals surface area contributed by atoms with E-state index in [4.69, 9.17) is 0 Å². The van der Waals surface area contributed by atoms with Crippen LogP contribution in [0.2, 0.25) is 0 Å². The molecule has 0 aromatic heterocycles. The predicted molar refractivity (Wildman–Crippen MR) is 90.0 cm³/mol. The zero-order valence-corrected chi connectivity index (χ0v) is 15.0. The van der Waals surface area contributed by atoms with Gasteiger partial charge in [-0.3, -0.25) is 4.90 Å². The highest BCUT2D eigenvalue weighted by atomic mass is 32.2. The van der Waals surface area contributed by atoms with E-state index >= 15 is 0 Å². The van der Waals surface area contributed by atoms with E-state index in [1.807, 2.05) is 20.1 Å². The second-order valence-corrected chi connectivity index (χ2v) is 7.70. The van der Waals surface area contributed by atoms with Gasteiger partial charge in [0.1, 0.15) is 6.04 Å². The molecule has 0 saturated carbocycles. The van der Waals surface area contributed by atoms with Gasteiger partial charge in [-0.1, -0.05) is 20.8 Å². The molecule has 1 N–H and O–H groups in total. The van der Waals surface area contributed by atoms with Crippen LogP contribution in [0.4, 0.5) is 4.79 Å². The van der Waals surface area contributed by atoms with Gasteiger partial charge in [-0.2, -0.15) is 11.8 Å². The third-order valence-corrected chi connectivity index (χ3v) is 6.13. The van der Waals surface area contributed by atoms with Crippen LogP contribution < -0.4 is 0 Å². The molecule has 0 aromatic carbocycles. The summed E-state index contributed by atoms with van der Waals surface area (Å²) in [4.78, 5) is 27.5. The Bertz CT molecular complexity index is 379. The fourth-order valence-electron chi connectivity index (χ4n) is 2.51. The van der Waals surface area contributed by atoms with Crippen molar-refractivity contribution >= 4 is 35.5 Å². The summed E-state index contributed by atoms with van der Waals surface area (Å²) >= 11 is 3.27. The van der Waals surface area contributed by atoms with Crippen LogP contribution in [-0.2, 0) is 4.79 Å². The summed E-state index contributed by atoms with van der Waals surface area (Å²) in [5.41, 5.74) is 0. The number of carboxylic acids is 1. The van der Waals surface area contributed by atoms with Gasteiger partial charge in [0.05, 0.1) is 5.37 Å². The first-order chi connectivity index (χ1) is 9.84. The summed E-state index contributed by atoms with van der Waals surface area (Å²) in [5, 5.41) is 9.32. The van der Waals surface area contributed by atoms with Gasteiger partial charge in [-0.15, -0.1) is 11.8 Å². The lowest BCUT2D eigenvalue weighted by Crippen LogP contribution is -2.54. The Labute approximate surface area is 135 Å². The number of nitrogens with zero attached hydrogens (tertiary/aromatic N) is 2. The molecule has 3 unspecified atom stereocenters. The Kier molecular flexibility index (Phi) is 7.20. The Morgan fingerprint density at radius 3 is 2.52 bits per heavy atom. The first-order valence-corrected chi connectivity index (χ1v) is 9.67. The number of carbonyl (C=O) groups excluding carboxylic acids is 1. The van der Waals surface area contributed by atoms with E-state index in [0.717, 1.165) is 12.2 Å². The smallest absolute Gasteiger partial charge is 0.327 e. The summed E-state index contributed by atoms with van der Waals surface area (Å²) in [6.45, 7) is 6.11. The summed E-state index contributed by atoms with van der Waals surface area (Å²) in [5.74, 6) is 0.656. The number of amides is 2. The van der Waals surface area contributed by atoms with E-state index in [-0.39, 0.29) is 23.4 Å². The molecule has 2 amide bonds. The first kappa shape index (κ1) is 18.5. The normalized spacial score (nSPS) is 23.4. The average molecular weight is 335 g/mol. The molecule has 1 saturated heterocycles. The molecule has 1 aliphatic heterocycles. The molecule has 122 valence electrons. The number of hydrogen-bond donors (Lipinski definition) is 1. The first-order valence-electron chi connectivity index (χ1n) is 7.23. The lowest BCUT2D eigenvalue weighted by molar-refractivity contribution is -0.141. The summed E-state index contributed by atoms with van der Waals surface area (Å²) in [7, 11) is 1.78. The minimum absolute atomic E-state index is 0.0622. The number of rotatable bonds is 6. The molecule has 1 heterocycles. The number of aliphatic carboxylic acids is 1. The highest BCUT2D eigenvalue weighted by Gasteiger charge is 2.44. The van der Waals surface area contributed by atoms with Crippen molar-refractivity contribution in [3.05, 3.63) is 0 Å². The minimum atomic E-state index is -0.912. The molecule has 1 rings (SSSR count). The SMILES string of the molecule is CCC(CSC)N(C)C(=O)N1C(C(=O)O)CSC1C(C)C. The average Bonchev–Trinajstić information content (AvgIpc) is 2.88. The van der Waals surface area contributed by atoms with Crippen molar-refractivity contribution in [2.75, 3.05) is 24.8 Å². The summed E-state index contributed by atoms with van der Waals surface area (Å²) in [6.07, 6.45) is 2.89. The molecular formula is C14H26N2O3S2. The van der Waals surface area contributed by atoms with E-state index < -0.39 is 12.0 Å². The van der Waals surface area contributed by atoms with Gasteiger partial charge in [0.25, 0.3) is 0 Å². The van der Waals surface area contributed by atoms with Crippen LogP contribution in [0.5, 0.6) is 0 Å². The monoisotopic (exact) mass is 334 g/mol. The van der Waals surface area contributed by atoms with Gasteiger partial charge in [0.2, 0.25) is 0 Å². The maximum atomic E-state index is 12.8. The van der Waals surface area contributed by atoms with Crippen molar-refractivity contribution in [2.45, 2.75) is 44.6 Å². The number of urea groups is 1. The molecule has 1 aliphatic rings. The Hall–Kier alpha value is -0.560. The largest absolute Gasteiger partial charge is 0.480 e. The van der Waals surface area contributed by atoms with E-state index in [1.54, 1.807) is 40.4 Å². The predicted octanol–water partition coefficient (Wildman–Crippen LogP) is 2.66. The second kappa shape index (κ2) is 8.17. The van der Waals surface area contributed by atoms with Crippen LogP contribution in [0.1, 0.15) is 27.2 Å².